The zero-order chi connectivity index (χ0) is 16.7. The highest BCUT2D eigenvalue weighted by Gasteiger charge is 2.22. The van der Waals surface area contributed by atoms with E-state index in [0.29, 0.717) is 12.5 Å². The highest BCUT2D eigenvalue weighted by atomic mass is 16.2. The number of benzene rings is 1. The van der Waals surface area contributed by atoms with Crippen molar-refractivity contribution in [2.75, 3.05) is 18.0 Å². The highest BCUT2D eigenvalue weighted by molar-refractivity contribution is 5.94. The molecule has 0 saturated carbocycles. The number of carbonyl (C=O) groups is 1. The maximum absolute atomic E-state index is 11.8. The lowest BCUT2D eigenvalue weighted by molar-refractivity contribution is 0.252. The Morgan fingerprint density at radius 1 is 1.22 bits per heavy atom. The largest absolute Gasteiger partial charge is 0.336 e. The summed E-state index contributed by atoms with van der Waals surface area (Å²) in [6.07, 6.45) is 0. The van der Waals surface area contributed by atoms with Crippen LogP contribution < -0.4 is 10.2 Å². The maximum atomic E-state index is 11.8. The van der Waals surface area contributed by atoms with Gasteiger partial charge in [-0.1, -0.05) is 13.8 Å². The van der Waals surface area contributed by atoms with Crippen LogP contribution in [0.4, 0.5) is 10.5 Å². The SMILES string of the molecule is Cc1cc(N2CCNC2=O)ccc1-n1nc(C)c(C(C)C)c1C. The van der Waals surface area contributed by atoms with E-state index in [1.165, 1.54) is 11.3 Å². The molecule has 1 aromatic heterocycles. The van der Waals surface area contributed by atoms with E-state index in [0.717, 1.165) is 29.2 Å². The second-order valence-corrected chi connectivity index (χ2v) is 6.51. The number of aromatic nitrogens is 2. The predicted octanol–water partition coefficient (Wildman–Crippen LogP) is 3.45. The number of nitrogens with one attached hydrogen (secondary N) is 1. The third-order valence-corrected chi connectivity index (χ3v) is 4.50. The molecule has 0 unspecified atom stereocenters. The molecule has 0 aliphatic carbocycles. The quantitative estimate of drug-likeness (QED) is 0.943. The van der Waals surface area contributed by atoms with Crippen LogP contribution >= 0.6 is 0 Å². The maximum Gasteiger partial charge on any atom is 0.321 e. The van der Waals surface area contributed by atoms with Crippen LogP contribution in [0.2, 0.25) is 0 Å². The highest BCUT2D eigenvalue weighted by Crippen LogP contribution is 2.28. The van der Waals surface area contributed by atoms with Gasteiger partial charge in [0.15, 0.2) is 0 Å². The standard InChI is InChI=1S/C18H24N4O/c1-11(2)17-13(4)20-22(14(17)5)16-7-6-15(10-12(16)3)21-9-8-19-18(21)23/h6-7,10-11H,8-9H2,1-5H3,(H,19,23). The van der Waals surface area contributed by atoms with Crippen molar-refractivity contribution in [3.05, 3.63) is 40.7 Å². The lowest BCUT2D eigenvalue weighted by atomic mass is 10.0. The molecule has 0 atom stereocenters. The van der Waals surface area contributed by atoms with Gasteiger partial charge in [-0.2, -0.15) is 5.10 Å². The summed E-state index contributed by atoms with van der Waals surface area (Å²) in [4.78, 5) is 13.6. The number of anilines is 1. The van der Waals surface area contributed by atoms with Crippen molar-refractivity contribution in [2.24, 2.45) is 0 Å². The molecule has 0 radical (unpaired) electrons. The first-order valence-electron chi connectivity index (χ1n) is 8.12. The van der Waals surface area contributed by atoms with Gasteiger partial charge >= 0.3 is 6.03 Å². The Labute approximate surface area is 137 Å². The van der Waals surface area contributed by atoms with E-state index in [1.54, 1.807) is 4.90 Å². The Balaban J connectivity index is 2.02. The fourth-order valence-electron chi connectivity index (χ4n) is 3.49. The molecule has 3 rings (SSSR count). The molecule has 1 N–H and O–H groups in total. The van der Waals surface area contributed by atoms with Crippen LogP contribution in [0.5, 0.6) is 0 Å². The molecule has 1 saturated heterocycles. The van der Waals surface area contributed by atoms with Crippen LogP contribution in [-0.4, -0.2) is 28.9 Å². The van der Waals surface area contributed by atoms with E-state index in [2.05, 4.69) is 52.1 Å². The molecule has 1 aliphatic heterocycles. The molecule has 0 spiro atoms. The summed E-state index contributed by atoms with van der Waals surface area (Å²) in [5.74, 6) is 0.455. The smallest absolute Gasteiger partial charge is 0.321 e. The van der Waals surface area contributed by atoms with E-state index in [9.17, 15) is 4.79 Å². The second-order valence-electron chi connectivity index (χ2n) is 6.51. The zero-order valence-corrected chi connectivity index (χ0v) is 14.5. The molecule has 2 aromatic rings. The van der Waals surface area contributed by atoms with E-state index in [4.69, 9.17) is 5.10 Å². The van der Waals surface area contributed by atoms with Crippen LogP contribution in [0, 0.1) is 20.8 Å². The molecule has 5 nitrogen and oxygen atoms in total. The average molecular weight is 312 g/mol. The van der Waals surface area contributed by atoms with Crippen molar-refractivity contribution in [1.82, 2.24) is 15.1 Å². The van der Waals surface area contributed by atoms with Gasteiger partial charge in [-0.05, 0) is 56.0 Å². The fraction of sp³-hybridized carbons (Fsp3) is 0.444. The lowest BCUT2D eigenvalue weighted by Crippen LogP contribution is -2.27. The minimum absolute atomic E-state index is 0.0228. The third-order valence-electron chi connectivity index (χ3n) is 4.50. The first kappa shape index (κ1) is 15.6. The molecule has 2 heterocycles. The minimum Gasteiger partial charge on any atom is -0.336 e. The Morgan fingerprint density at radius 3 is 2.48 bits per heavy atom. The number of carbonyl (C=O) groups excluding carboxylic acids is 1. The van der Waals surface area contributed by atoms with Crippen molar-refractivity contribution in [3.63, 3.8) is 0 Å². The fourth-order valence-corrected chi connectivity index (χ4v) is 3.49. The molecule has 2 amide bonds. The molecular weight excluding hydrogens is 288 g/mol. The number of nitrogens with zero attached hydrogens (tertiary/aromatic N) is 3. The molecule has 1 aromatic carbocycles. The zero-order valence-electron chi connectivity index (χ0n) is 14.5. The van der Waals surface area contributed by atoms with Gasteiger partial charge in [0.25, 0.3) is 0 Å². The van der Waals surface area contributed by atoms with Crippen LogP contribution in [0.1, 0.15) is 42.3 Å². The van der Waals surface area contributed by atoms with Crippen molar-refractivity contribution in [3.8, 4) is 5.69 Å². The number of aryl methyl sites for hydroxylation is 2. The first-order chi connectivity index (χ1) is 10.9. The summed E-state index contributed by atoms with van der Waals surface area (Å²) >= 11 is 0. The molecule has 23 heavy (non-hydrogen) atoms. The molecular formula is C18H24N4O. The molecule has 122 valence electrons. The van der Waals surface area contributed by atoms with Gasteiger partial charge in [0.2, 0.25) is 0 Å². The number of hydrogen-bond acceptors (Lipinski definition) is 2. The second kappa shape index (κ2) is 5.72. The third kappa shape index (κ3) is 2.60. The van der Waals surface area contributed by atoms with E-state index < -0.39 is 0 Å². The lowest BCUT2D eigenvalue weighted by Gasteiger charge is -2.17. The van der Waals surface area contributed by atoms with Crippen LogP contribution in [0.25, 0.3) is 5.69 Å². The van der Waals surface area contributed by atoms with Gasteiger partial charge in [-0.15, -0.1) is 0 Å². The van der Waals surface area contributed by atoms with Gasteiger partial charge in [-0.3, -0.25) is 4.90 Å². The van der Waals surface area contributed by atoms with Gasteiger partial charge < -0.3 is 5.32 Å². The van der Waals surface area contributed by atoms with Crippen molar-refractivity contribution >= 4 is 11.7 Å². The van der Waals surface area contributed by atoms with E-state index in [-0.39, 0.29) is 6.03 Å². The first-order valence-corrected chi connectivity index (χ1v) is 8.12. The Bertz CT molecular complexity index is 761. The Kier molecular flexibility index (Phi) is 3.88. The summed E-state index contributed by atoms with van der Waals surface area (Å²) in [6, 6.07) is 6.09. The number of amides is 2. The van der Waals surface area contributed by atoms with Gasteiger partial charge in [0.1, 0.15) is 0 Å². The van der Waals surface area contributed by atoms with E-state index >= 15 is 0 Å². The normalized spacial score (nSPS) is 14.7. The van der Waals surface area contributed by atoms with Crippen molar-refractivity contribution in [2.45, 2.75) is 40.5 Å². The molecule has 1 aliphatic rings. The monoisotopic (exact) mass is 312 g/mol. The number of hydrogen-bond donors (Lipinski definition) is 1. The molecule has 1 fully saturated rings. The molecule has 0 bridgehead atoms. The number of urea groups is 1. The number of rotatable bonds is 3. The summed E-state index contributed by atoms with van der Waals surface area (Å²) in [7, 11) is 0. The Hall–Kier alpha value is -2.30. The van der Waals surface area contributed by atoms with Crippen LogP contribution in [0.3, 0.4) is 0 Å². The summed E-state index contributed by atoms with van der Waals surface area (Å²) < 4.78 is 2.02. The summed E-state index contributed by atoms with van der Waals surface area (Å²) in [5.41, 5.74) is 6.70. The average Bonchev–Trinajstić information content (AvgIpc) is 3.02. The minimum atomic E-state index is -0.0228. The van der Waals surface area contributed by atoms with Crippen molar-refractivity contribution < 1.29 is 4.79 Å². The van der Waals surface area contributed by atoms with Crippen molar-refractivity contribution in [1.29, 1.82) is 0 Å². The van der Waals surface area contributed by atoms with Crippen LogP contribution in [0.15, 0.2) is 18.2 Å². The van der Waals surface area contributed by atoms with Gasteiger partial charge in [0, 0.05) is 24.5 Å². The Morgan fingerprint density at radius 2 is 1.96 bits per heavy atom. The summed E-state index contributed by atoms with van der Waals surface area (Å²) in [6.45, 7) is 12.1. The van der Waals surface area contributed by atoms with Gasteiger partial charge in [0.05, 0.1) is 11.4 Å². The van der Waals surface area contributed by atoms with E-state index in [1.807, 2.05) is 10.7 Å². The topological polar surface area (TPSA) is 50.2 Å². The predicted molar refractivity (Wildman–Crippen MR) is 92.6 cm³/mol. The van der Waals surface area contributed by atoms with Crippen LogP contribution in [-0.2, 0) is 0 Å². The van der Waals surface area contributed by atoms with Gasteiger partial charge in [-0.25, -0.2) is 9.48 Å². The summed E-state index contributed by atoms with van der Waals surface area (Å²) in [5, 5.41) is 7.56. The molecule has 5 heteroatoms.